The largest absolute Gasteiger partial charge is 0.493 e. The predicted octanol–water partition coefficient (Wildman–Crippen LogP) is 8.34. The van der Waals surface area contributed by atoms with Crippen LogP contribution in [0, 0.1) is 12.8 Å². The number of ether oxygens (including phenoxy) is 3. The lowest BCUT2D eigenvalue weighted by molar-refractivity contribution is -0.129. The number of aryl methyl sites for hydroxylation is 2. The molecule has 0 spiro atoms. The van der Waals surface area contributed by atoms with Crippen LogP contribution in [-0.4, -0.2) is 81.2 Å². The topological polar surface area (TPSA) is 204 Å². The minimum absolute atomic E-state index is 0.00715. The number of hydrogen-bond donors (Lipinski definition) is 2. The Morgan fingerprint density at radius 1 is 0.711 bits per heavy atom. The third-order valence-electron chi connectivity index (χ3n) is 15.1. The van der Waals surface area contributed by atoms with Gasteiger partial charge in [0.05, 0.1) is 26.3 Å². The second-order valence-corrected chi connectivity index (χ2v) is 22.4. The molecule has 0 aliphatic carbocycles. The van der Waals surface area contributed by atoms with Crippen LogP contribution in [0.3, 0.4) is 0 Å². The first kappa shape index (κ1) is 53.5. The molecule has 2 N–H and O–H groups in total. The van der Waals surface area contributed by atoms with Crippen LogP contribution in [0.2, 0.25) is 0 Å². The highest BCUT2D eigenvalue weighted by Gasteiger charge is 2.48. The van der Waals surface area contributed by atoms with Crippen LogP contribution in [-0.2, 0) is 72.4 Å². The van der Waals surface area contributed by atoms with Crippen molar-refractivity contribution in [2.24, 2.45) is 5.92 Å². The van der Waals surface area contributed by atoms with Crippen LogP contribution < -0.4 is 34.6 Å². The highest BCUT2D eigenvalue weighted by Crippen LogP contribution is 2.43. The Morgan fingerprint density at radius 3 is 2.01 bits per heavy atom. The number of anilines is 3. The Balaban J connectivity index is 0.960. The van der Waals surface area contributed by atoms with Crippen LogP contribution in [0.25, 0.3) is 0 Å². The van der Waals surface area contributed by atoms with Crippen molar-refractivity contribution in [2.45, 2.75) is 128 Å². The summed E-state index contributed by atoms with van der Waals surface area (Å²) < 4.78 is 51.1. The summed E-state index contributed by atoms with van der Waals surface area (Å²) in [5.41, 5.74) is 8.22. The van der Waals surface area contributed by atoms with Crippen LogP contribution in [0.4, 0.5) is 17.1 Å². The molecule has 1 unspecified atom stereocenters. The molecule has 4 aliphatic heterocycles. The van der Waals surface area contributed by atoms with E-state index in [2.05, 4.69) is 16.7 Å². The van der Waals surface area contributed by atoms with Gasteiger partial charge in [0.25, 0.3) is 21.9 Å². The highest BCUT2D eigenvalue weighted by molar-refractivity contribution is 7.87. The molecule has 398 valence electrons. The standard InChI is InChI=1S/C59H64N4O12S/c1-34-21-46-43(30-55(76(70,71)73-6)50-27-42-15-9-11-17-49(42)63(50)59(46)69)29-52(34)74-32-38-23-39(25-44(24-38)61-57(67)35(2)22-51(65)37(4)60-56(66)18-12-7-13-36(3)64)33-75-54-28-40-19-20-45-26-41-14-8-10-16-48(41)62(45)58(68)47(40)31-53(54)72-5/h8-11,14-17,21,23-25,28-29,31,35,37,45,50,55H,7,12-13,18-20,22,26-27,30,32-33H2,1-6H3,(H,60,66)(H,61,67)/t35-,37+,45-,50+,55?/m1/s1. The number of para-hydroxylation sites is 2. The fourth-order valence-corrected chi connectivity index (χ4v) is 12.3. The Morgan fingerprint density at radius 2 is 1.33 bits per heavy atom. The first-order valence-corrected chi connectivity index (χ1v) is 27.4. The SMILES string of the molecule is COc1cc2c(cc1OCc1cc(COc3cc4c(cc3C)C(=O)N3c5ccccc5C[C@H]3C(S(=O)(=O)OC)C4)cc(NC(=O)[C@H](C)CC(=O)[C@H](C)NC(=O)CCCCC(C)=O)c1)CC[C@@H]1Cc3ccccc3N1C2=O. The van der Waals surface area contributed by atoms with Crippen molar-refractivity contribution in [3.05, 3.63) is 141 Å². The van der Waals surface area contributed by atoms with Gasteiger partial charge in [0.1, 0.15) is 30.0 Å². The zero-order valence-corrected chi connectivity index (χ0v) is 44.6. The molecule has 76 heavy (non-hydrogen) atoms. The summed E-state index contributed by atoms with van der Waals surface area (Å²) in [5.74, 6) is -0.937. The highest BCUT2D eigenvalue weighted by atomic mass is 32.2. The van der Waals surface area contributed by atoms with Gasteiger partial charge in [-0.15, -0.1) is 0 Å². The number of ketones is 2. The van der Waals surface area contributed by atoms with Gasteiger partial charge in [-0.1, -0.05) is 43.3 Å². The number of benzene rings is 5. The van der Waals surface area contributed by atoms with Gasteiger partial charge >= 0.3 is 0 Å². The van der Waals surface area contributed by atoms with Crippen molar-refractivity contribution in [2.75, 3.05) is 29.3 Å². The summed E-state index contributed by atoms with van der Waals surface area (Å²) in [6, 6.07) is 26.4. The lowest BCUT2D eigenvalue weighted by Gasteiger charge is -2.28. The van der Waals surface area contributed by atoms with Gasteiger partial charge in [0.15, 0.2) is 17.3 Å². The molecular formula is C59H64N4O12S. The van der Waals surface area contributed by atoms with Crippen LogP contribution >= 0.6 is 0 Å². The molecule has 4 amide bonds. The first-order valence-electron chi connectivity index (χ1n) is 25.9. The van der Waals surface area contributed by atoms with Crippen molar-refractivity contribution in [3.63, 3.8) is 0 Å². The van der Waals surface area contributed by atoms with Gasteiger partial charge in [-0.2, -0.15) is 8.42 Å². The molecular weight excluding hydrogens is 989 g/mol. The zero-order chi connectivity index (χ0) is 54.0. The minimum atomic E-state index is -4.11. The molecule has 0 saturated carbocycles. The second-order valence-electron chi connectivity index (χ2n) is 20.5. The van der Waals surface area contributed by atoms with E-state index in [9.17, 15) is 37.2 Å². The Bertz CT molecular complexity index is 3250. The normalized spacial score (nSPS) is 18.1. The number of methoxy groups -OCH3 is 1. The van der Waals surface area contributed by atoms with E-state index in [1.807, 2.05) is 66.4 Å². The van der Waals surface area contributed by atoms with Crippen LogP contribution in [0.5, 0.6) is 17.2 Å². The number of nitrogens with one attached hydrogen (secondary N) is 2. The Labute approximate surface area is 443 Å². The van der Waals surface area contributed by atoms with Gasteiger partial charge in [-0.05, 0) is 159 Å². The molecule has 5 atom stereocenters. The van der Waals surface area contributed by atoms with Gasteiger partial charge in [-0.3, -0.25) is 28.2 Å². The summed E-state index contributed by atoms with van der Waals surface area (Å²) in [6.07, 6.45) is 4.10. The van der Waals surface area contributed by atoms with Crippen molar-refractivity contribution in [1.29, 1.82) is 0 Å². The maximum absolute atomic E-state index is 14.4. The fourth-order valence-electron chi connectivity index (χ4n) is 11.0. The van der Waals surface area contributed by atoms with Crippen molar-refractivity contribution in [1.82, 2.24) is 5.32 Å². The summed E-state index contributed by atoms with van der Waals surface area (Å²) in [6.45, 7) is 6.54. The smallest absolute Gasteiger partial charge is 0.272 e. The molecule has 5 aromatic rings. The molecule has 0 bridgehead atoms. The third kappa shape index (κ3) is 11.3. The number of unbranched alkanes of at least 4 members (excludes halogenated alkanes) is 1. The summed E-state index contributed by atoms with van der Waals surface area (Å²) in [7, 11) is -1.45. The number of fused-ring (bicyclic) bond motifs is 8. The third-order valence-corrected chi connectivity index (χ3v) is 16.8. The van der Waals surface area contributed by atoms with E-state index in [0.717, 1.165) is 42.3 Å². The van der Waals surface area contributed by atoms with E-state index in [4.69, 9.17) is 18.4 Å². The number of amides is 4. The van der Waals surface area contributed by atoms with E-state index in [0.29, 0.717) is 94.1 Å². The first-order chi connectivity index (χ1) is 36.4. The van der Waals surface area contributed by atoms with E-state index in [1.165, 1.54) is 14.0 Å². The number of Topliss-reactive ketones (excluding diaryl/α,β-unsaturated/α-hetero) is 2. The van der Waals surface area contributed by atoms with Crippen LogP contribution in [0.1, 0.15) is 119 Å². The molecule has 16 nitrogen and oxygen atoms in total. The van der Waals surface area contributed by atoms with Crippen LogP contribution in [0.15, 0.2) is 91.0 Å². The summed E-state index contributed by atoms with van der Waals surface area (Å²) in [5, 5.41) is 4.62. The van der Waals surface area contributed by atoms with Gasteiger partial charge < -0.3 is 39.4 Å². The quantitative estimate of drug-likeness (QED) is 0.0558. The molecule has 4 heterocycles. The average molecular weight is 1050 g/mol. The van der Waals surface area contributed by atoms with Gasteiger partial charge in [0.2, 0.25) is 11.8 Å². The molecule has 0 saturated heterocycles. The van der Waals surface area contributed by atoms with E-state index >= 15 is 0 Å². The molecule has 5 aromatic carbocycles. The molecule has 17 heteroatoms. The number of rotatable bonds is 20. The summed E-state index contributed by atoms with van der Waals surface area (Å²) in [4.78, 5) is 83.0. The second kappa shape index (κ2) is 22.5. The fraction of sp³-hybridized carbons (Fsp3) is 0.390. The maximum atomic E-state index is 14.4. The predicted molar refractivity (Wildman–Crippen MR) is 287 cm³/mol. The summed E-state index contributed by atoms with van der Waals surface area (Å²) >= 11 is 0. The number of carbonyl (C=O) groups excluding carboxylic acids is 6. The molecule has 0 radical (unpaired) electrons. The van der Waals surface area contributed by atoms with E-state index < -0.39 is 39.3 Å². The van der Waals surface area contributed by atoms with Crippen molar-refractivity contribution < 1.29 is 55.6 Å². The van der Waals surface area contributed by atoms with Gasteiger partial charge in [-0.25, -0.2) is 0 Å². The van der Waals surface area contributed by atoms with Crippen molar-refractivity contribution in [3.8, 4) is 17.2 Å². The molecule has 9 rings (SSSR count). The molecule has 0 aromatic heterocycles. The minimum Gasteiger partial charge on any atom is -0.493 e. The number of hydrogen-bond acceptors (Lipinski definition) is 12. The van der Waals surface area contributed by atoms with E-state index in [1.54, 1.807) is 49.1 Å². The molecule has 0 fully saturated rings. The Hall–Kier alpha value is -7.37. The lowest BCUT2D eigenvalue weighted by Crippen LogP contribution is -2.47. The zero-order valence-electron chi connectivity index (χ0n) is 43.7. The number of nitrogens with zero attached hydrogens (tertiary/aromatic N) is 2. The van der Waals surface area contributed by atoms with Gasteiger partial charge in [0, 0.05) is 59.4 Å². The van der Waals surface area contributed by atoms with Crippen molar-refractivity contribution >= 4 is 62.4 Å². The lowest BCUT2D eigenvalue weighted by atomic mass is 9.97. The number of carbonyl (C=O) groups is 6. The maximum Gasteiger partial charge on any atom is 0.272 e. The monoisotopic (exact) mass is 1050 g/mol. The average Bonchev–Trinajstić information content (AvgIpc) is 3.91. The van der Waals surface area contributed by atoms with E-state index in [-0.39, 0.29) is 67.8 Å². The molecule has 4 aliphatic rings. The Kier molecular flexibility index (Phi) is 15.8.